The molecule has 0 N–H and O–H groups in total. The van der Waals surface area contributed by atoms with Gasteiger partial charge in [0, 0.05) is 11.4 Å². The highest BCUT2D eigenvalue weighted by Crippen LogP contribution is 2.32. The van der Waals surface area contributed by atoms with E-state index in [1.165, 1.54) is 24.8 Å². The van der Waals surface area contributed by atoms with E-state index in [9.17, 15) is 4.39 Å². The Morgan fingerprint density at radius 1 is 1.32 bits per heavy atom. The second kappa shape index (κ2) is 6.85. The zero-order chi connectivity index (χ0) is 13.8. The first-order chi connectivity index (χ1) is 9.08. The Bertz CT molecular complexity index is 404. The van der Waals surface area contributed by atoms with E-state index in [0.29, 0.717) is 6.10 Å². The molecule has 1 aromatic carbocycles. The van der Waals surface area contributed by atoms with Crippen molar-refractivity contribution in [3.63, 3.8) is 0 Å². The van der Waals surface area contributed by atoms with Crippen LogP contribution in [0.25, 0.3) is 0 Å². The zero-order valence-corrected chi connectivity index (χ0v) is 13.3. The van der Waals surface area contributed by atoms with E-state index in [1.54, 1.807) is 0 Å². The summed E-state index contributed by atoms with van der Waals surface area (Å²) in [6, 6.07) is 3.90. The molecule has 1 saturated heterocycles. The van der Waals surface area contributed by atoms with Gasteiger partial charge in [0.25, 0.3) is 0 Å². The van der Waals surface area contributed by atoms with Gasteiger partial charge in [0.1, 0.15) is 5.82 Å². The van der Waals surface area contributed by atoms with Crippen molar-refractivity contribution in [2.45, 2.75) is 56.9 Å². The van der Waals surface area contributed by atoms with Crippen LogP contribution in [0.1, 0.15) is 53.6 Å². The number of aryl methyl sites for hydroxylation is 2. The first kappa shape index (κ1) is 15.0. The molecule has 2 rings (SSSR count). The summed E-state index contributed by atoms with van der Waals surface area (Å²) in [6.07, 6.45) is 6.19. The van der Waals surface area contributed by atoms with Gasteiger partial charge in [0.05, 0.1) is 6.10 Å². The van der Waals surface area contributed by atoms with Crippen LogP contribution >= 0.6 is 15.9 Å². The molecule has 0 bridgehead atoms. The quantitative estimate of drug-likeness (QED) is 0.688. The van der Waals surface area contributed by atoms with Crippen molar-refractivity contribution in [2.75, 3.05) is 6.61 Å². The summed E-state index contributed by atoms with van der Waals surface area (Å²) in [5.41, 5.74) is 2.63. The van der Waals surface area contributed by atoms with Crippen molar-refractivity contribution in [3.8, 4) is 0 Å². The van der Waals surface area contributed by atoms with Crippen molar-refractivity contribution in [1.29, 1.82) is 0 Å². The lowest BCUT2D eigenvalue weighted by molar-refractivity contribution is 0.0102. The summed E-state index contributed by atoms with van der Waals surface area (Å²) in [5, 5.41) is 0. The summed E-state index contributed by atoms with van der Waals surface area (Å²) in [6.45, 7) is 4.57. The maximum absolute atomic E-state index is 13.6. The van der Waals surface area contributed by atoms with Crippen molar-refractivity contribution < 1.29 is 9.13 Å². The average molecular weight is 329 g/mol. The SMILES string of the molecule is Cc1cc(C(Br)CCC2CCCCO2)cc(C)c1F. The fourth-order valence-corrected chi connectivity index (χ4v) is 3.22. The molecule has 2 atom stereocenters. The van der Waals surface area contributed by atoms with Gasteiger partial charge in [-0.25, -0.2) is 4.39 Å². The molecule has 0 saturated carbocycles. The van der Waals surface area contributed by atoms with Crippen LogP contribution in [-0.4, -0.2) is 12.7 Å². The summed E-state index contributed by atoms with van der Waals surface area (Å²) < 4.78 is 19.4. The monoisotopic (exact) mass is 328 g/mol. The van der Waals surface area contributed by atoms with E-state index in [1.807, 2.05) is 26.0 Å². The number of benzene rings is 1. The van der Waals surface area contributed by atoms with E-state index in [4.69, 9.17) is 4.74 Å². The van der Waals surface area contributed by atoms with E-state index in [2.05, 4.69) is 15.9 Å². The van der Waals surface area contributed by atoms with Crippen LogP contribution in [0.3, 0.4) is 0 Å². The Morgan fingerprint density at radius 2 is 2.00 bits per heavy atom. The van der Waals surface area contributed by atoms with Crippen molar-refractivity contribution in [2.24, 2.45) is 0 Å². The first-order valence-corrected chi connectivity index (χ1v) is 8.02. The van der Waals surface area contributed by atoms with Crippen LogP contribution in [0.4, 0.5) is 4.39 Å². The number of alkyl halides is 1. The molecule has 0 spiro atoms. The van der Waals surface area contributed by atoms with Crippen molar-refractivity contribution in [3.05, 3.63) is 34.6 Å². The average Bonchev–Trinajstić information content (AvgIpc) is 2.42. The highest BCUT2D eigenvalue weighted by Gasteiger charge is 2.17. The van der Waals surface area contributed by atoms with Gasteiger partial charge in [0.2, 0.25) is 0 Å². The molecule has 2 unspecified atom stereocenters. The van der Waals surface area contributed by atoms with Gasteiger partial charge in [-0.1, -0.05) is 28.1 Å². The molecule has 0 radical (unpaired) electrons. The number of hydrogen-bond donors (Lipinski definition) is 0. The third kappa shape index (κ3) is 4.03. The fraction of sp³-hybridized carbons (Fsp3) is 0.625. The molecular formula is C16H22BrFO. The predicted octanol–water partition coefficient (Wildman–Crippen LogP) is 5.23. The van der Waals surface area contributed by atoms with Crippen molar-refractivity contribution in [1.82, 2.24) is 0 Å². The van der Waals surface area contributed by atoms with Gasteiger partial charge in [-0.05, 0) is 62.6 Å². The molecule has 1 nitrogen and oxygen atoms in total. The molecular weight excluding hydrogens is 307 g/mol. The number of ether oxygens (including phenoxy) is 1. The summed E-state index contributed by atoms with van der Waals surface area (Å²) in [7, 11) is 0. The minimum Gasteiger partial charge on any atom is -0.378 e. The van der Waals surface area contributed by atoms with Crippen molar-refractivity contribution >= 4 is 15.9 Å². The molecule has 0 aliphatic carbocycles. The molecule has 1 aliphatic rings. The summed E-state index contributed by atoms with van der Waals surface area (Å²) >= 11 is 3.73. The third-order valence-corrected chi connectivity index (χ3v) is 4.82. The van der Waals surface area contributed by atoms with Crippen LogP contribution in [-0.2, 0) is 4.74 Å². The lowest BCUT2D eigenvalue weighted by Gasteiger charge is -2.23. The normalized spacial score (nSPS) is 21.4. The topological polar surface area (TPSA) is 9.23 Å². The number of rotatable bonds is 4. The summed E-state index contributed by atoms with van der Waals surface area (Å²) in [5.74, 6) is -0.0842. The lowest BCUT2D eigenvalue weighted by Crippen LogP contribution is -2.19. The van der Waals surface area contributed by atoms with Gasteiger partial charge >= 0.3 is 0 Å². The molecule has 1 fully saturated rings. The Balaban J connectivity index is 1.93. The van der Waals surface area contributed by atoms with E-state index in [-0.39, 0.29) is 10.6 Å². The van der Waals surface area contributed by atoms with E-state index < -0.39 is 0 Å². The number of hydrogen-bond acceptors (Lipinski definition) is 1. The zero-order valence-electron chi connectivity index (χ0n) is 11.7. The molecule has 0 amide bonds. The Morgan fingerprint density at radius 3 is 2.58 bits per heavy atom. The highest BCUT2D eigenvalue weighted by molar-refractivity contribution is 9.09. The molecule has 19 heavy (non-hydrogen) atoms. The van der Waals surface area contributed by atoms with Crippen LogP contribution in [0.5, 0.6) is 0 Å². The predicted molar refractivity (Wildman–Crippen MR) is 80.4 cm³/mol. The van der Waals surface area contributed by atoms with Gasteiger partial charge < -0.3 is 4.74 Å². The molecule has 1 aliphatic heterocycles. The highest BCUT2D eigenvalue weighted by atomic mass is 79.9. The van der Waals surface area contributed by atoms with E-state index >= 15 is 0 Å². The van der Waals surface area contributed by atoms with Gasteiger partial charge in [0.15, 0.2) is 0 Å². The Labute approximate surface area is 123 Å². The molecule has 1 aromatic rings. The molecule has 0 aromatic heterocycles. The largest absolute Gasteiger partial charge is 0.378 e. The minimum atomic E-state index is -0.0842. The first-order valence-electron chi connectivity index (χ1n) is 7.10. The second-order valence-electron chi connectivity index (χ2n) is 5.50. The van der Waals surface area contributed by atoms with Gasteiger partial charge in [-0.2, -0.15) is 0 Å². The minimum absolute atomic E-state index is 0.0842. The standard InChI is InChI=1S/C16H22BrFO/c1-11-9-13(10-12(2)16(11)18)15(17)7-6-14-5-3-4-8-19-14/h9-10,14-15H,3-8H2,1-2H3. The maximum Gasteiger partial charge on any atom is 0.129 e. The summed E-state index contributed by atoms with van der Waals surface area (Å²) in [4.78, 5) is 0.288. The number of halogens is 2. The third-order valence-electron chi connectivity index (χ3n) is 3.84. The molecule has 3 heteroatoms. The Hall–Kier alpha value is -0.410. The van der Waals surface area contributed by atoms with Gasteiger partial charge in [-0.3, -0.25) is 0 Å². The lowest BCUT2D eigenvalue weighted by atomic mass is 9.98. The molecule has 1 heterocycles. The van der Waals surface area contributed by atoms with Crippen LogP contribution in [0.15, 0.2) is 12.1 Å². The Kier molecular flexibility index (Phi) is 5.40. The van der Waals surface area contributed by atoms with Gasteiger partial charge in [-0.15, -0.1) is 0 Å². The van der Waals surface area contributed by atoms with Crippen LogP contribution < -0.4 is 0 Å². The van der Waals surface area contributed by atoms with Crippen LogP contribution in [0.2, 0.25) is 0 Å². The molecule has 106 valence electrons. The van der Waals surface area contributed by atoms with E-state index in [0.717, 1.165) is 30.6 Å². The smallest absolute Gasteiger partial charge is 0.129 e. The fourth-order valence-electron chi connectivity index (χ4n) is 2.69. The maximum atomic E-state index is 13.6. The van der Waals surface area contributed by atoms with Crippen LogP contribution in [0, 0.1) is 19.7 Å². The second-order valence-corrected chi connectivity index (χ2v) is 6.61.